The lowest BCUT2D eigenvalue weighted by Crippen LogP contribution is -2.50. The standard InChI is InChI=1S/C17H27N3O2/c1-2-22-17-13-21-12-16(17)19-14-6-9-20(10-7-14)11-15-5-3-4-8-18-15/h3-5,8,14,16-17,19H,2,6-7,9-13H2,1H3/t16-,17-/m0/s1. The fourth-order valence-corrected chi connectivity index (χ4v) is 3.35. The van der Waals surface area contributed by atoms with Gasteiger partial charge in [0.25, 0.3) is 0 Å². The Morgan fingerprint density at radius 2 is 2.18 bits per heavy atom. The molecule has 2 aliphatic rings. The summed E-state index contributed by atoms with van der Waals surface area (Å²) in [7, 11) is 0. The summed E-state index contributed by atoms with van der Waals surface area (Å²) in [4.78, 5) is 6.91. The van der Waals surface area contributed by atoms with Crippen LogP contribution in [-0.2, 0) is 16.0 Å². The highest BCUT2D eigenvalue weighted by atomic mass is 16.5. The van der Waals surface area contributed by atoms with Gasteiger partial charge in [0.2, 0.25) is 0 Å². The van der Waals surface area contributed by atoms with Gasteiger partial charge in [-0.25, -0.2) is 0 Å². The van der Waals surface area contributed by atoms with Gasteiger partial charge in [-0.3, -0.25) is 9.88 Å². The number of ether oxygens (including phenoxy) is 2. The fourth-order valence-electron chi connectivity index (χ4n) is 3.35. The molecule has 1 aromatic heterocycles. The molecule has 2 saturated heterocycles. The lowest BCUT2D eigenvalue weighted by Gasteiger charge is -2.34. The molecular weight excluding hydrogens is 278 g/mol. The van der Waals surface area contributed by atoms with Gasteiger partial charge in [-0.2, -0.15) is 0 Å². The molecule has 0 amide bonds. The Bertz CT molecular complexity index is 435. The van der Waals surface area contributed by atoms with Crippen LogP contribution in [0.1, 0.15) is 25.5 Å². The molecule has 3 heterocycles. The van der Waals surface area contributed by atoms with Crippen molar-refractivity contribution in [3.05, 3.63) is 30.1 Å². The summed E-state index contributed by atoms with van der Waals surface area (Å²) in [6.07, 6.45) is 4.46. The summed E-state index contributed by atoms with van der Waals surface area (Å²) in [5.74, 6) is 0. The van der Waals surface area contributed by atoms with Gasteiger partial charge in [0, 0.05) is 38.5 Å². The molecule has 3 rings (SSSR count). The Kier molecular flexibility index (Phi) is 5.78. The van der Waals surface area contributed by atoms with Crippen molar-refractivity contribution in [2.24, 2.45) is 0 Å². The smallest absolute Gasteiger partial charge is 0.0983 e. The second kappa shape index (κ2) is 8.02. The molecule has 5 nitrogen and oxygen atoms in total. The zero-order chi connectivity index (χ0) is 15.2. The molecule has 22 heavy (non-hydrogen) atoms. The summed E-state index contributed by atoms with van der Waals surface area (Å²) < 4.78 is 11.3. The summed E-state index contributed by atoms with van der Waals surface area (Å²) in [5, 5.41) is 3.74. The van der Waals surface area contributed by atoms with Crippen LogP contribution in [0.25, 0.3) is 0 Å². The minimum Gasteiger partial charge on any atom is -0.377 e. The number of pyridine rings is 1. The number of hydrogen-bond acceptors (Lipinski definition) is 5. The molecule has 5 heteroatoms. The average Bonchev–Trinajstić information content (AvgIpc) is 2.98. The number of likely N-dealkylation sites (tertiary alicyclic amines) is 1. The topological polar surface area (TPSA) is 46.6 Å². The van der Waals surface area contributed by atoms with E-state index in [1.165, 1.54) is 12.8 Å². The Morgan fingerprint density at radius 3 is 2.91 bits per heavy atom. The van der Waals surface area contributed by atoms with Crippen molar-refractivity contribution in [3.8, 4) is 0 Å². The molecule has 0 unspecified atom stereocenters. The van der Waals surface area contributed by atoms with E-state index >= 15 is 0 Å². The van der Waals surface area contributed by atoms with Crippen LogP contribution in [0.2, 0.25) is 0 Å². The first-order valence-electron chi connectivity index (χ1n) is 8.43. The molecular formula is C17H27N3O2. The first-order chi connectivity index (χ1) is 10.8. The Balaban J connectivity index is 1.42. The van der Waals surface area contributed by atoms with Crippen molar-refractivity contribution >= 4 is 0 Å². The second-order valence-electron chi connectivity index (χ2n) is 6.18. The molecule has 0 aliphatic carbocycles. The van der Waals surface area contributed by atoms with Crippen LogP contribution in [0, 0.1) is 0 Å². The highest BCUT2D eigenvalue weighted by Crippen LogP contribution is 2.17. The Morgan fingerprint density at radius 1 is 1.32 bits per heavy atom. The molecule has 2 fully saturated rings. The Labute approximate surface area is 133 Å². The number of hydrogen-bond donors (Lipinski definition) is 1. The molecule has 2 atom stereocenters. The minimum absolute atomic E-state index is 0.219. The van der Waals surface area contributed by atoms with Crippen LogP contribution in [0.15, 0.2) is 24.4 Å². The summed E-state index contributed by atoms with van der Waals surface area (Å²) >= 11 is 0. The van der Waals surface area contributed by atoms with E-state index < -0.39 is 0 Å². The Hall–Kier alpha value is -1.01. The van der Waals surface area contributed by atoms with Crippen molar-refractivity contribution in [1.82, 2.24) is 15.2 Å². The van der Waals surface area contributed by atoms with Crippen molar-refractivity contribution in [1.29, 1.82) is 0 Å². The normalized spacial score (nSPS) is 27.3. The van der Waals surface area contributed by atoms with E-state index in [-0.39, 0.29) is 6.10 Å². The molecule has 0 spiro atoms. The predicted molar refractivity (Wildman–Crippen MR) is 85.7 cm³/mol. The van der Waals surface area contributed by atoms with E-state index in [2.05, 4.69) is 27.3 Å². The quantitative estimate of drug-likeness (QED) is 0.862. The maximum Gasteiger partial charge on any atom is 0.0983 e. The van der Waals surface area contributed by atoms with E-state index in [4.69, 9.17) is 9.47 Å². The number of aromatic nitrogens is 1. The van der Waals surface area contributed by atoms with Crippen LogP contribution in [0.4, 0.5) is 0 Å². The average molecular weight is 305 g/mol. The lowest BCUT2D eigenvalue weighted by molar-refractivity contribution is 0.0379. The predicted octanol–water partition coefficient (Wildman–Crippen LogP) is 1.44. The third-order valence-corrected chi connectivity index (χ3v) is 4.56. The van der Waals surface area contributed by atoms with Gasteiger partial charge in [-0.1, -0.05) is 6.07 Å². The first kappa shape index (κ1) is 15.9. The summed E-state index contributed by atoms with van der Waals surface area (Å²) in [5.41, 5.74) is 1.16. The monoisotopic (exact) mass is 305 g/mol. The number of nitrogens with zero attached hydrogens (tertiary/aromatic N) is 2. The van der Waals surface area contributed by atoms with Gasteiger partial charge in [0.05, 0.1) is 31.1 Å². The zero-order valence-corrected chi connectivity index (χ0v) is 13.4. The lowest BCUT2D eigenvalue weighted by atomic mass is 10.0. The van der Waals surface area contributed by atoms with Crippen LogP contribution < -0.4 is 5.32 Å². The molecule has 122 valence electrons. The molecule has 1 aromatic rings. The van der Waals surface area contributed by atoms with Gasteiger partial charge in [-0.15, -0.1) is 0 Å². The molecule has 1 N–H and O–H groups in total. The molecule has 2 aliphatic heterocycles. The number of rotatable bonds is 6. The molecule has 0 saturated carbocycles. The summed E-state index contributed by atoms with van der Waals surface area (Å²) in [6, 6.07) is 7.07. The van der Waals surface area contributed by atoms with Crippen molar-refractivity contribution in [2.75, 3.05) is 32.9 Å². The van der Waals surface area contributed by atoms with Crippen molar-refractivity contribution in [3.63, 3.8) is 0 Å². The van der Waals surface area contributed by atoms with Gasteiger partial charge in [0.15, 0.2) is 0 Å². The van der Waals surface area contributed by atoms with Gasteiger partial charge in [-0.05, 0) is 31.9 Å². The highest BCUT2D eigenvalue weighted by Gasteiger charge is 2.31. The second-order valence-corrected chi connectivity index (χ2v) is 6.18. The van der Waals surface area contributed by atoms with Gasteiger partial charge in [0.1, 0.15) is 0 Å². The van der Waals surface area contributed by atoms with Crippen LogP contribution in [-0.4, -0.2) is 61.0 Å². The van der Waals surface area contributed by atoms with E-state index in [0.29, 0.717) is 12.1 Å². The third-order valence-electron chi connectivity index (χ3n) is 4.56. The zero-order valence-electron chi connectivity index (χ0n) is 13.4. The maximum absolute atomic E-state index is 5.75. The van der Waals surface area contributed by atoms with E-state index in [1.807, 2.05) is 19.2 Å². The number of nitrogens with one attached hydrogen (secondary N) is 1. The first-order valence-corrected chi connectivity index (χ1v) is 8.43. The molecule has 0 bridgehead atoms. The van der Waals surface area contributed by atoms with E-state index in [0.717, 1.165) is 45.1 Å². The number of piperidine rings is 1. The maximum atomic E-state index is 5.75. The van der Waals surface area contributed by atoms with Crippen LogP contribution in [0.3, 0.4) is 0 Å². The van der Waals surface area contributed by atoms with Gasteiger partial charge < -0.3 is 14.8 Å². The van der Waals surface area contributed by atoms with E-state index in [9.17, 15) is 0 Å². The van der Waals surface area contributed by atoms with Crippen LogP contribution in [0.5, 0.6) is 0 Å². The van der Waals surface area contributed by atoms with Gasteiger partial charge >= 0.3 is 0 Å². The minimum atomic E-state index is 0.219. The SMILES string of the molecule is CCO[C@H]1COC[C@@H]1NC1CCN(Cc2ccccn2)CC1. The largest absolute Gasteiger partial charge is 0.377 e. The van der Waals surface area contributed by atoms with E-state index in [1.54, 1.807) is 0 Å². The highest BCUT2D eigenvalue weighted by molar-refractivity contribution is 5.03. The van der Waals surface area contributed by atoms with Crippen molar-refractivity contribution in [2.45, 2.75) is 44.5 Å². The van der Waals surface area contributed by atoms with Crippen LogP contribution >= 0.6 is 0 Å². The fraction of sp³-hybridized carbons (Fsp3) is 0.706. The third kappa shape index (κ3) is 4.26. The molecule has 0 radical (unpaired) electrons. The molecule has 0 aromatic carbocycles. The summed E-state index contributed by atoms with van der Waals surface area (Å²) in [6.45, 7) is 7.52. The van der Waals surface area contributed by atoms with Crippen molar-refractivity contribution < 1.29 is 9.47 Å².